The van der Waals surface area contributed by atoms with Gasteiger partial charge in [-0.1, -0.05) is 0 Å². The van der Waals surface area contributed by atoms with Crippen molar-refractivity contribution in [1.82, 2.24) is 9.13 Å². The Morgan fingerprint density at radius 1 is 0.667 bits per heavy atom. The molecule has 1 saturated carbocycles. The zero-order valence-electron chi connectivity index (χ0n) is 8.79. The fraction of sp³-hybridized carbons (Fsp3) is 0.385. The minimum atomic E-state index is 0.646. The van der Waals surface area contributed by atoms with Gasteiger partial charge in [0.1, 0.15) is 0 Å². The Hall–Kier alpha value is -1.44. The Balaban J connectivity index is 1.90. The van der Waals surface area contributed by atoms with E-state index in [1.807, 2.05) is 0 Å². The highest BCUT2D eigenvalue weighted by molar-refractivity contribution is 5.01. The van der Waals surface area contributed by atoms with E-state index in [1.54, 1.807) is 0 Å². The summed E-state index contributed by atoms with van der Waals surface area (Å²) in [5.41, 5.74) is 0. The molecule has 2 nitrogen and oxygen atoms in total. The van der Waals surface area contributed by atoms with Crippen LogP contribution in [0, 0.1) is 0 Å². The Morgan fingerprint density at radius 2 is 1.07 bits per heavy atom. The Labute approximate surface area is 90.1 Å². The molecule has 78 valence electrons. The lowest BCUT2D eigenvalue weighted by Gasteiger charge is -2.22. The third kappa shape index (κ3) is 1.50. The van der Waals surface area contributed by atoms with Gasteiger partial charge >= 0.3 is 0 Å². The predicted octanol–water partition coefficient (Wildman–Crippen LogP) is 3.26. The zero-order chi connectivity index (χ0) is 10.1. The Bertz CT molecular complexity index is 359. The van der Waals surface area contributed by atoms with E-state index in [4.69, 9.17) is 0 Å². The van der Waals surface area contributed by atoms with Crippen molar-refractivity contribution < 1.29 is 0 Å². The van der Waals surface area contributed by atoms with Gasteiger partial charge in [-0.3, -0.25) is 0 Å². The minimum absolute atomic E-state index is 0.646. The molecule has 0 bridgehead atoms. The van der Waals surface area contributed by atoms with Crippen molar-refractivity contribution in [1.29, 1.82) is 0 Å². The molecular formula is C13H16N2. The highest BCUT2D eigenvalue weighted by Crippen LogP contribution is 2.39. The molecule has 0 spiro atoms. The van der Waals surface area contributed by atoms with Crippen LogP contribution in [0.5, 0.6) is 0 Å². The summed E-state index contributed by atoms with van der Waals surface area (Å²) in [7, 11) is 0. The molecule has 2 aromatic heterocycles. The van der Waals surface area contributed by atoms with E-state index in [0.29, 0.717) is 12.1 Å². The second kappa shape index (κ2) is 3.61. The fourth-order valence-electron chi connectivity index (χ4n) is 2.75. The highest BCUT2D eigenvalue weighted by atomic mass is 15.1. The first-order valence-electron chi connectivity index (χ1n) is 5.70. The summed E-state index contributed by atoms with van der Waals surface area (Å²) in [5.74, 6) is 0. The number of hydrogen-bond acceptors (Lipinski definition) is 0. The van der Waals surface area contributed by atoms with Crippen molar-refractivity contribution >= 4 is 0 Å². The molecule has 15 heavy (non-hydrogen) atoms. The molecule has 1 aliphatic rings. The summed E-state index contributed by atoms with van der Waals surface area (Å²) in [5, 5.41) is 0. The summed E-state index contributed by atoms with van der Waals surface area (Å²) < 4.78 is 4.72. The standard InChI is InChI=1S/C13H16N2/c1-2-9-14(8-1)12-6-5-7-13(12)15-10-3-4-11-15/h1-4,8-13H,5-7H2. The molecule has 0 amide bonds. The first-order valence-corrected chi connectivity index (χ1v) is 5.70. The Kier molecular flexibility index (Phi) is 2.13. The smallest absolute Gasteiger partial charge is 0.0537 e. The lowest BCUT2D eigenvalue weighted by molar-refractivity contribution is 0.374. The van der Waals surface area contributed by atoms with Crippen molar-refractivity contribution in [3.63, 3.8) is 0 Å². The third-order valence-electron chi connectivity index (χ3n) is 3.46. The largest absolute Gasteiger partial charge is 0.349 e. The van der Waals surface area contributed by atoms with Crippen LogP contribution in [0.2, 0.25) is 0 Å². The van der Waals surface area contributed by atoms with Gasteiger partial charge in [-0.05, 0) is 43.5 Å². The lowest BCUT2D eigenvalue weighted by atomic mass is 10.1. The first-order chi connectivity index (χ1) is 7.45. The van der Waals surface area contributed by atoms with Crippen LogP contribution in [0.15, 0.2) is 49.1 Å². The summed E-state index contributed by atoms with van der Waals surface area (Å²) in [6.07, 6.45) is 12.7. The van der Waals surface area contributed by atoms with Crippen molar-refractivity contribution in [3.8, 4) is 0 Å². The maximum Gasteiger partial charge on any atom is 0.0537 e. The van der Waals surface area contributed by atoms with Gasteiger partial charge in [0.25, 0.3) is 0 Å². The molecule has 2 heterocycles. The molecule has 0 N–H and O–H groups in total. The molecular weight excluding hydrogens is 184 g/mol. The van der Waals surface area contributed by atoms with Gasteiger partial charge in [-0.25, -0.2) is 0 Å². The van der Waals surface area contributed by atoms with Crippen LogP contribution in [0.4, 0.5) is 0 Å². The maximum atomic E-state index is 2.36. The number of aromatic nitrogens is 2. The van der Waals surface area contributed by atoms with Gasteiger partial charge in [0.05, 0.1) is 12.1 Å². The normalized spacial score (nSPS) is 25.9. The highest BCUT2D eigenvalue weighted by Gasteiger charge is 2.28. The summed E-state index contributed by atoms with van der Waals surface area (Å²) >= 11 is 0. The van der Waals surface area contributed by atoms with E-state index < -0.39 is 0 Å². The van der Waals surface area contributed by atoms with Crippen LogP contribution < -0.4 is 0 Å². The molecule has 2 aromatic rings. The molecule has 2 heteroatoms. The number of hydrogen-bond donors (Lipinski definition) is 0. The number of rotatable bonds is 2. The van der Waals surface area contributed by atoms with Crippen LogP contribution in [-0.2, 0) is 0 Å². The monoisotopic (exact) mass is 200 g/mol. The Morgan fingerprint density at radius 3 is 1.47 bits per heavy atom. The summed E-state index contributed by atoms with van der Waals surface area (Å²) in [4.78, 5) is 0. The average molecular weight is 200 g/mol. The van der Waals surface area contributed by atoms with E-state index in [-0.39, 0.29) is 0 Å². The fourth-order valence-corrected chi connectivity index (χ4v) is 2.75. The summed E-state index contributed by atoms with van der Waals surface area (Å²) in [6.45, 7) is 0. The van der Waals surface area contributed by atoms with E-state index >= 15 is 0 Å². The molecule has 2 atom stereocenters. The van der Waals surface area contributed by atoms with E-state index in [9.17, 15) is 0 Å². The minimum Gasteiger partial charge on any atom is -0.349 e. The average Bonchev–Trinajstić information content (AvgIpc) is 3.01. The molecule has 0 radical (unpaired) electrons. The zero-order valence-corrected chi connectivity index (χ0v) is 8.79. The van der Waals surface area contributed by atoms with Crippen LogP contribution in [0.3, 0.4) is 0 Å². The number of nitrogens with zero attached hydrogens (tertiary/aromatic N) is 2. The second-order valence-electron chi connectivity index (χ2n) is 4.33. The molecule has 0 saturated heterocycles. The molecule has 3 rings (SSSR count). The molecule has 2 unspecified atom stereocenters. The van der Waals surface area contributed by atoms with Gasteiger partial charge < -0.3 is 9.13 Å². The predicted molar refractivity (Wildman–Crippen MR) is 60.8 cm³/mol. The second-order valence-corrected chi connectivity index (χ2v) is 4.33. The molecule has 1 fully saturated rings. The van der Waals surface area contributed by atoms with Crippen molar-refractivity contribution in [3.05, 3.63) is 49.1 Å². The van der Waals surface area contributed by atoms with E-state index in [1.165, 1.54) is 19.3 Å². The third-order valence-corrected chi connectivity index (χ3v) is 3.46. The van der Waals surface area contributed by atoms with Gasteiger partial charge in [-0.15, -0.1) is 0 Å². The van der Waals surface area contributed by atoms with E-state index in [2.05, 4.69) is 58.2 Å². The molecule has 1 aliphatic carbocycles. The van der Waals surface area contributed by atoms with Crippen molar-refractivity contribution in [2.45, 2.75) is 31.3 Å². The van der Waals surface area contributed by atoms with Gasteiger partial charge in [0.2, 0.25) is 0 Å². The van der Waals surface area contributed by atoms with Crippen LogP contribution in [-0.4, -0.2) is 9.13 Å². The van der Waals surface area contributed by atoms with Crippen molar-refractivity contribution in [2.24, 2.45) is 0 Å². The lowest BCUT2D eigenvalue weighted by Crippen LogP contribution is -2.15. The van der Waals surface area contributed by atoms with E-state index in [0.717, 1.165) is 0 Å². The van der Waals surface area contributed by atoms with Gasteiger partial charge in [0, 0.05) is 24.8 Å². The van der Waals surface area contributed by atoms with Crippen LogP contribution >= 0.6 is 0 Å². The first kappa shape index (κ1) is 8.84. The topological polar surface area (TPSA) is 9.86 Å². The summed E-state index contributed by atoms with van der Waals surface area (Å²) in [6, 6.07) is 9.76. The van der Waals surface area contributed by atoms with Crippen LogP contribution in [0.1, 0.15) is 31.3 Å². The van der Waals surface area contributed by atoms with Gasteiger partial charge in [-0.2, -0.15) is 0 Å². The quantitative estimate of drug-likeness (QED) is 0.704. The van der Waals surface area contributed by atoms with Crippen LogP contribution in [0.25, 0.3) is 0 Å². The maximum absolute atomic E-state index is 2.36. The van der Waals surface area contributed by atoms with Crippen molar-refractivity contribution in [2.75, 3.05) is 0 Å². The van der Waals surface area contributed by atoms with Gasteiger partial charge in [0.15, 0.2) is 0 Å². The molecule has 0 aliphatic heterocycles. The molecule has 0 aromatic carbocycles. The SMILES string of the molecule is c1ccn(C2CCCC2n2cccc2)c1.